The number of rotatable bonds is 4. The zero-order valence-electron chi connectivity index (χ0n) is 9.14. The van der Waals surface area contributed by atoms with Gasteiger partial charge in [-0.3, -0.25) is 4.79 Å². The predicted molar refractivity (Wildman–Crippen MR) is 58.1 cm³/mol. The van der Waals surface area contributed by atoms with E-state index in [1.165, 1.54) is 24.0 Å². The van der Waals surface area contributed by atoms with Crippen molar-refractivity contribution in [2.75, 3.05) is 7.11 Å². The van der Waals surface area contributed by atoms with Crippen molar-refractivity contribution in [1.82, 2.24) is 4.57 Å². The summed E-state index contributed by atoms with van der Waals surface area (Å²) in [4.78, 5) is 22.1. The molecule has 0 unspecified atom stereocenters. The van der Waals surface area contributed by atoms with Crippen molar-refractivity contribution >= 4 is 5.97 Å². The number of pyridine rings is 1. The van der Waals surface area contributed by atoms with E-state index in [0.29, 0.717) is 5.56 Å². The third-order valence-electron chi connectivity index (χ3n) is 2.10. The number of nitrogens with zero attached hydrogens (tertiary/aromatic N) is 1. The van der Waals surface area contributed by atoms with Crippen LogP contribution in [0.25, 0.3) is 0 Å². The second-order valence-corrected chi connectivity index (χ2v) is 3.34. The van der Waals surface area contributed by atoms with Gasteiger partial charge in [0, 0.05) is 25.7 Å². The van der Waals surface area contributed by atoms with E-state index in [9.17, 15) is 9.59 Å². The lowest BCUT2D eigenvalue weighted by molar-refractivity contribution is -0.132. The Kier molecular flexibility index (Phi) is 3.88. The average Bonchev–Trinajstić information content (AvgIpc) is 2.22. The molecule has 86 valence electrons. The molecule has 0 aliphatic heterocycles. The lowest BCUT2D eigenvalue weighted by Crippen LogP contribution is -2.16. The quantitative estimate of drug-likeness (QED) is 0.597. The molecule has 0 bridgehead atoms. The summed E-state index contributed by atoms with van der Waals surface area (Å²) in [5.41, 5.74) is 0.587. The normalized spacial score (nSPS) is 11.2. The molecule has 1 rings (SSSR count). The average molecular weight is 223 g/mol. The highest BCUT2D eigenvalue weighted by molar-refractivity contribution is 5.86. The summed E-state index contributed by atoms with van der Waals surface area (Å²) in [6.07, 6.45) is 2.93. The molecular weight excluding hydrogens is 210 g/mol. The maximum Gasteiger partial charge on any atom is 0.335 e. The molecule has 0 saturated carbocycles. The molecular formula is C11H13NO4. The standard InChI is InChI=1S/C11H13NO4/c1-12-4-3-8(6-10(12)13)5-9(7-16-2)11(14)15/h3-4,6-7H,5H2,1-2H3,(H,14,15). The molecule has 0 aliphatic rings. The van der Waals surface area contributed by atoms with Gasteiger partial charge in [-0.2, -0.15) is 0 Å². The molecule has 5 nitrogen and oxygen atoms in total. The fourth-order valence-electron chi connectivity index (χ4n) is 1.23. The van der Waals surface area contributed by atoms with Gasteiger partial charge in [0.1, 0.15) is 0 Å². The lowest BCUT2D eigenvalue weighted by atomic mass is 10.1. The predicted octanol–water partition coefficient (Wildman–Crippen LogP) is 0.543. The Hall–Kier alpha value is -2.04. The number of ether oxygens (including phenoxy) is 1. The molecule has 0 aromatic carbocycles. The van der Waals surface area contributed by atoms with Gasteiger partial charge in [-0.15, -0.1) is 0 Å². The Morgan fingerprint density at radius 2 is 2.31 bits per heavy atom. The van der Waals surface area contributed by atoms with Crippen LogP contribution in [0.15, 0.2) is 35.0 Å². The van der Waals surface area contributed by atoms with Gasteiger partial charge in [-0.25, -0.2) is 4.79 Å². The molecule has 0 radical (unpaired) electrons. The summed E-state index contributed by atoms with van der Waals surface area (Å²) in [6, 6.07) is 3.11. The van der Waals surface area contributed by atoms with E-state index in [0.717, 1.165) is 0 Å². The number of methoxy groups -OCH3 is 1. The maximum atomic E-state index is 11.3. The Morgan fingerprint density at radius 1 is 1.62 bits per heavy atom. The van der Waals surface area contributed by atoms with Crippen LogP contribution in [0.4, 0.5) is 0 Å². The third kappa shape index (κ3) is 2.98. The number of carboxylic acid groups (broad SMARTS) is 1. The Bertz CT molecular complexity index is 473. The van der Waals surface area contributed by atoms with Crippen LogP contribution < -0.4 is 5.56 Å². The smallest absolute Gasteiger partial charge is 0.335 e. The molecule has 5 heteroatoms. The minimum Gasteiger partial charge on any atom is -0.504 e. The van der Waals surface area contributed by atoms with Crippen molar-refractivity contribution in [2.24, 2.45) is 7.05 Å². The van der Waals surface area contributed by atoms with Crippen molar-refractivity contribution in [2.45, 2.75) is 6.42 Å². The molecule has 0 fully saturated rings. The van der Waals surface area contributed by atoms with E-state index in [1.807, 2.05) is 0 Å². The summed E-state index contributed by atoms with van der Waals surface area (Å²) < 4.78 is 6.09. The molecule has 0 aliphatic carbocycles. The van der Waals surface area contributed by atoms with E-state index in [-0.39, 0.29) is 17.6 Å². The first-order valence-electron chi connectivity index (χ1n) is 4.65. The zero-order valence-corrected chi connectivity index (χ0v) is 9.14. The van der Waals surface area contributed by atoms with Gasteiger partial charge >= 0.3 is 5.97 Å². The molecule has 0 atom stereocenters. The van der Waals surface area contributed by atoms with Crippen molar-refractivity contribution in [3.05, 3.63) is 46.1 Å². The van der Waals surface area contributed by atoms with E-state index >= 15 is 0 Å². The SMILES string of the molecule is COC=C(Cc1ccn(C)c(=O)c1)C(=O)O. The summed E-state index contributed by atoms with van der Waals surface area (Å²) >= 11 is 0. The maximum absolute atomic E-state index is 11.3. The van der Waals surface area contributed by atoms with E-state index < -0.39 is 5.97 Å². The van der Waals surface area contributed by atoms with E-state index in [2.05, 4.69) is 4.74 Å². The number of hydrogen-bond donors (Lipinski definition) is 1. The fourth-order valence-corrected chi connectivity index (χ4v) is 1.23. The largest absolute Gasteiger partial charge is 0.504 e. The number of aromatic nitrogens is 1. The first-order chi connectivity index (χ1) is 7.54. The molecule has 1 N–H and O–H groups in total. The van der Waals surface area contributed by atoms with Crippen LogP contribution in [0.1, 0.15) is 5.56 Å². The molecule has 0 saturated heterocycles. The summed E-state index contributed by atoms with van der Waals surface area (Å²) in [7, 11) is 3.02. The highest BCUT2D eigenvalue weighted by atomic mass is 16.5. The highest BCUT2D eigenvalue weighted by Crippen LogP contribution is 2.06. The fraction of sp³-hybridized carbons (Fsp3) is 0.273. The number of aryl methyl sites for hydroxylation is 1. The van der Waals surface area contributed by atoms with Crippen molar-refractivity contribution in [3.63, 3.8) is 0 Å². The van der Waals surface area contributed by atoms with Gasteiger partial charge < -0.3 is 14.4 Å². The van der Waals surface area contributed by atoms with Crippen LogP contribution in [0.3, 0.4) is 0 Å². The van der Waals surface area contributed by atoms with Crippen LogP contribution >= 0.6 is 0 Å². The lowest BCUT2D eigenvalue weighted by Gasteiger charge is -2.03. The van der Waals surface area contributed by atoms with Gasteiger partial charge in [-0.1, -0.05) is 0 Å². The molecule has 0 spiro atoms. The summed E-state index contributed by atoms with van der Waals surface area (Å²) in [5.74, 6) is -1.05. The number of aliphatic carboxylic acids is 1. The Labute approximate surface area is 92.6 Å². The van der Waals surface area contributed by atoms with E-state index in [1.54, 1.807) is 19.3 Å². The third-order valence-corrected chi connectivity index (χ3v) is 2.10. The van der Waals surface area contributed by atoms with Crippen molar-refractivity contribution < 1.29 is 14.6 Å². The second kappa shape index (κ2) is 5.16. The van der Waals surface area contributed by atoms with E-state index in [4.69, 9.17) is 5.11 Å². The van der Waals surface area contributed by atoms with Crippen LogP contribution in [-0.2, 0) is 23.0 Å². The monoisotopic (exact) mass is 223 g/mol. The number of carbonyl (C=O) groups is 1. The van der Waals surface area contributed by atoms with Crippen LogP contribution in [0, 0.1) is 0 Å². The second-order valence-electron chi connectivity index (χ2n) is 3.34. The van der Waals surface area contributed by atoms with Crippen LogP contribution in [0.5, 0.6) is 0 Å². The Morgan fingerprint density at radius 3 is 2.81 bits per heavy atom. The number of hydrogen-bond acceptors (Lipinski definition) is 3. The minimum atomic E-state index is -1.05. The molecule has 1 heterocycles. The van der Waals surface area contributed by atoms with Gasteiger partial charge in [0.05, 0.1) is 18.9 Å². The zero-order chi connectivity index (χ0) is 12.1. The minimum absolute atomic E-state index is 0.107. The van der Waals surface area contributed by atoms with Crippen molar-refractivity contribution in [1.29, 1.82) is 0 Å². The first-order valence-corrected chi connectivity index (χ1v) is 4.65. The summed E-state index contributed by atoms with van der Waals surface area (Å²) in [6.45, 7) is 0. The summed E-state index contributed by atoms with van der Waals surface area (Å²) in [5, 5.41) is 8.86. The van der Waals surface area contributed by atoms with Crippen LogP contribution in [0.2, 0.25) is 0 Å². The Balaban J connectivity index is 2.95. The first kappa shape index (κ1) is 12.0. The van der Waals surface area contributed by atoms with Gasteiger partial charge in [-0.05, 0) is 11.6 Å². The molecule has 1 aromatic rings. The highest BCUT2D eigenvalue weighted by Gasteiger charge is 2.09. The van der Waals surface area contributed by atoms with Gasteiger partial charge in [0.15, 0.2) is 0 Å². The molecule has 0 amide bonds. The molecule has 16 heavy (non-hydrogen) atoms. The topological polar surface area (TPSA) is 68.5 Å². The van der Waals surface area contributed by atoms with Gasteiger partial charge in [0.25, 0.3) is 5.56 Å². The van der Waals surface area contributed by atoms with Gasteiger partial charge in [0.2, 0.25) is 0 Å². The number of carboxylic acids is 1. The molecule has 1 aromatic heterocycles. The van der Waals surface area contributed by atoms with Crippen LogP contribution in [-0.4, -0.2) is 22.8 Å². The van der Waals surface area contributed by atoms with Crippen molar-refractivity contribution in [3.8, 4) is 0 Å².